The van der Waals surface area contributed by atoms with Gasteiger partial charge in [-0.15, -0.1) is 0 Å². The van der Waals surface area contributed by atoms with Gasteiger partial charge in [0, 0.05) is 0 Å². The van der Waals surface area contributed by atoms with Crippen molar-refractivity contribution in [2.24, 2.45) is 11.1 Å². The van der Waals surface area contributed by atoms with Gasteiger partial charge < -0.3 is 9.94 Å². The molecule has 3 heteroatoms. The average Bonchev–Trinajstić information content (AvgIpc) is 2.54. The molecule has 1 aromatic rings. The minimum Gasteiger partial charge on any atom is -0.490 e. The summed E-state index contributed by atoms with van der Waals surface area (Å²) >= 11 is 0. The molecular weight excluding hydrogens is 262 g/mol. The van der Waals surface area contributed by atoms with Crippen LogP contribution in [0.15, 0.2) is 29.4 Å². The van der Waals surface area contributed by atoms with Crippen molar-refractivity contribution in [3.63, 3.8) is 0 Å². The van der Waals surface area contributed by atoms with Gasteiger partial charge in [0.2, 0.25) is 0 Å². The third-order valence-electron chi connectivity index (χ3n) is 4.48. The van der Waals surface area contributed by atoms with Crippen molar-refractivity contribution in [2.75, 3.05) is 0 Å². The Morgan fingerprint density at radius 1 is 1.29 bits per heavy atom. The molecular formula is C18H27NO2. The second-order valence-corrected chi connectivity index (χ2v) is 6.16. The lowest BCUT2D eigenvalue weighted by atomic mass is 9.85. The molecule has 0 radical (unpaired) electrons. The molecule has 0 spiro atoms. The number of hydrogen-bond donors (Lipinski definition) is 1. The molecule has 21 heavy (non-hydrogen) atoms. The Morgan fingerprint density at radius 3 is 2.71 bits per heavy atom. The Hall–Kier alpha value is -1.51. The lowest BCUT2D eigenvalue weighted by molar-refractivity contribution is 0.122. The van der Waals surface area contributed by atoms with Crippen LogP contribution < -0.4 is 4.74 Å². The summed E-state index contributed by atoms with van der Waals surface area (Å²) in [6.45, 7) is 4.12. The van der Waals surface area contributed by atoms with E-state index in [1.807, 2.05) is 6.92 Å². The number of oxime groups is 1. The summed E-state index contributed by atoms with van der Waals surface area (Å²) in [5, 5.41) is 11.9. The van der Waals surface area contributed by atoms with Crippen LogP contribution in [0.4, 0.5) is 0 Å². The topological polar surface area (TPSA) is 41.8 Å². The van der Waals surface area contributed by atoms with Gasteiger partial charge in [0.05, 0.1) is 11.8 Å². The summed E-state index contributed by atoms with van der Waals surface area (Å²) < 4.78 is 6.13. The first-order chi connectivity index (χ1) is 10.2. The van der Waals surface area contributed by atoms with Gasteiger partial charge in [0.1, 0.15) is 5.75 Å². The number of nitrogens with zero attached hydrogens (tertiary/aromatic N) is 1. The first kappa shape index (κ1) is 15.9. The molecule has 1 aliphatic rings. The molecule has 1 saturated carbocycles. The standard InChI is InChI=1S/C18H27NO2/c1-3-15-5-4-6-18(13-15)21-17-11-9-16(10-12-17)8-7-14(2)19-20/h9-12,15,18,20H,3-8,13H2,1-2H3. The van der Waals surface area contributed by atoms with E-state index in [4.69, 9.17) is 9.94 Å². The maximum Gasteiger partial charge on any atom is 0.119 e. The van der Waals surface area contributed by atoms with Crippen molar-refractivity contribution in [3.8, 4) is 5.75 Å². The Labute approximate surface area is 128 Å². The van der Waals surface area contributed by atoms with Gasteiger partial charge in [-0.05, 0) is 62.6 Å². The van der Waals surface area contributed by atoms with E-state index in [-0.39, 0.29) is 0 Å². The first-order valence-electron chi connectivity index (χ1n) is 8.14. The van der Waals surface area contributed by atoms with Crippen molar-refractivity contribution in [2.45, 2.75) is 64.9 Å². The maximum absolute atomic E-state index is 8.65. The predicted molar refractivity (Wildman–Crippen MR) is 86.3 cm³/mol. The number of aryl methyl sites for hydroxylation is 1. The van der Waals surface area contributed by atoms with Crippen molar-refractivity contribution in [1.82, 2.24) is 0 Å². The van der Waals surface area contributed by atoms with Gasteiger partial charge >= 0.3 is 0 Å². The molecule has 3 nitrogen and oxygen atoms in total. The van der Waals surface area contributed by atoms with Crippen molar-refractivity contribution < 1.29 is 9.94 Å². The smallest absolute Gasteiger partial charge is 0.119 e. The Morgan fingerprint density at radius 2 is 2.05 bits per heavy atom. The van der Waals surface area contributed by atoms with Gasteiger partial charge in [-0.25, -0.2) is 0 Å². The zero-order valence-electron chi connectivity index (χ0n) is 13.2. The highest BCUT2D eigenvalue weighted by atomic mass is 16.5. The van der Waals surface area contributed by atoms with Crippen molar-refractivity contribution in [1.29, 1.82) is 0 Å². The van der Waals surface area contributed by atoms with Crippen molar-refractivity contribution in [3.05, 3.63) is 29.8 Å². The summed E-state index contributed by atoms with van der Waals surface area (Å²) in [6.07, 6.45) is 8.38. The van der Waals surface area contributed by atoms with Crippen LogP contribution >= 0.6 is 0 Å². The number of benzene rings is 1. The average molecular weight is 289 g/mol. The number of rotatable bonds is 6. The SMILES string of the molecule is CCC1CCCC(Oc2ccc(CCC(C)=NO)cc2)C1. The second-order valence-electron chi connectivity index (χ2n) is 6.16. The number of hydrogen-bond acceptors (Lipinski definition) is 3. The zero-order valence-corrected chi connectivity index (χ0v) is 13.2. The molecule has 0 saturated heterocycles. The molecule has 116 valence electrons. The number of ether oxygens (including phenoxy) is 1. The van der Waals surface area contributed by atoms with Crippen LogP contribution in [0.2, 0.25) is 0 Å². The molecule has 2 unspecified atom stereocenters. The molecule has 1 N–H and O–H groups in total. The third-order valence-corrected chi connectivity index (χ3v) is 4.48. The third kappa shape index (κ3) is 5.07. The summed E-state index contributed by atoms with van der Waals surface area (Å²) in [7, 11) is 0. The molecule has 2 rings (SSSR count). The summed E-state index contributed by atoms with van der Waals surface area (Å²) in [4.78, 5) is 0. The van der Waals surface area contributed by atoms with E-state index in [2.05, 4.69) is 36.3 Å². The van der Waals surface area contributed by atoms with Gasteiger partial charge in [-0.2, -0.15) is 0 Å². The van der Waals surface area contributed by atoms with Crippen LogP contribution in [0.1, 0.15) is 57.9 Å². The van der Waals surface area contributed by atoms with Crippen LogP contribution in [0.3, 0.4) is 0 Å². The molecule has 1 fully saturated rings. The van der Waals surface area contributed by atoms with E-state index in [1.54, 1.807) is 0 Å². The fourth-order valence-corrected chi connectivity index (χ4v) is 3.02. The Balaban J connectivity index is 1.84. The molecule has 0 heterocycles. The van der Waals surface area contributed by atoms with E-state index < -0.39 is 0 Å². The van der Waals surface area contributed by atoms with Crippen LogP contribution in [-0.2, 0) is 6.42 Å². The fourth-order valence-electron chi connectivity index (χ4n) is 3.02. The predicted octanol–water partition coefficient (Wildman–Crippen LogP) is 4.82. The first-order valence-corrected chi connectivity index (χ1v) is 8.14. The van der Waals surface area contributed by atoms with E-state index in [1.165, 1.54) is 37.7 Å². The van der Waals surface area contributed by atoms with E-state index in [9.17, 15) is 0 Å². The van der Waals surface area contributed by atoms with E-state index in [0.29, 0.717) is 6.10 Å². The largest absolute Gasteiger partial charge is 0.490 e. The molecule has 0 aromatic heterocycles. The van der Waals surface area contributed by atoms with Crippen LogP contribution in [0, 0.1) is 5.92 Å². The van der Waals surface area contributed by atoms with E-state index in [0.717, 1.165) is 30.2 Å². The normalized spacial score (nSPS) is 23.0. The monoisotopic (exact) mass is 289 g/mol. The lowest BCUT2D eigenvalue weighted by Gasteiger charge is -2.29. The molecule has 0 aliphatic heterocycles. The highest BCUT2D eigenvalue weighted by molar-refractivity contribution is 5.81. The van der Waals surface area contributed by atoms with Crippen LogP contribution in [-0.4, -0.2) is 17.0 Å². The van der Waals surface area contributed by atoms with E-state index >= 15 is 0 Å². The Bertz CT molecular complexity index is 453. The molecule has 0 amide bonds. The van der Waals surface area contributed by atoms with Crippen LogP contribution in [0.25, 0.3) is 0 Å². The van der Waals surface area contributed by atoms with Crippen LogP contribution in [0.5, 0.6) is 5.75 Å². The quantitative estimate of drug-likeness (QED) is 0.463. The summed E-state index contributed by atoms with van der Waals surface area (Å²) in [6, 6.07) is 8.35. The van der Waals surface area contributed by atoms with Crippen molar-refractivity contribution >= 4 is 5.71 Å². The van der Waals surface area contributed by atoms with Gasteiger partial charge in [-0.3, -0.25) is 0 Å². The minimum atomic E-state index is 0.387. The lowest BCUT2D eigenvalue weighted by Crippen LogP contribution is -2.25. The minimum absolute atomic E-state index is 0.387. The van der Waals surface area contributed by atoms with Gasteiger partial charge in [0.15, 0.2) is 0 Å². The highest BCUT2D eigenvalue weighted by Crippen LogP contribution is 2.29. The summed E-state index contributed by atoms with van der Waals surface area (Å²) in [5.74, 6) is 1.82. The fraction of sp³-hybridized carbons (Fsp3) is 0.611. The Kier molecular flexibility index (Phi) is 6.09. The summed E-state index contributed by atoms with van der Waals surface area (Å²) in [5.41, 5.74) is 2.02. The highest BCUT2D eigenvalue weighted by Gasteiger charge is 2.21. The molecule has 0 bridgehead atoms. The second kappa shape index (κ2) is 8.06. The maximum atomic E-state index is 8.65. The molecule has 2 atom stereocenters. The van der Waals surface area contributed by atoms with Gasteiger partial charge in [0.25, 0.3) is 0 Å². The zero-order chi connectivity index (χ0) is 15.1. The van der Waals surface area contributed by atoms with Gasteiger partial charge in [-0.1, -0.05) is 37.1 Å². The molecule has 1 aliphatic carbocycles. The molecule has 1 aromatic carbocycles.